The number of rotatable bonds is 7. The first-order valence-electron chi connectivity index (χ1n) is 7.00. The highest BCUT2D eigenvalue weighted by atomic mass is 31.2. The van der Waals surface area contributed by atoms with Gasteiger partial charge in [0.05, 0.1) is 18.4 Å². The summed E-state index contributed by atoms with van der Waals surface area (Å²) in [6.07, 6.45) is -2.46. The maximum Gasteiger partial charge on any atom is 0.325 e. The zero-order chi connectivity index (χ0) is 15.3. The first kappa shape index (κ1) is 18.0. The van der Waals surface area contributed by atoms with Gasteiger partial charge in [-0.2, -0.15) is 0 Å². The van der Waals surface area contributed by atoms with E-state index in [1.807, 2.05) is 6.92 Å². The Morgan fingerprint density at radius 2 is 1.50 bits per heavy atom. The molecule has 1 saturated heterocycles. The van der Waals surface area contributed by atoms with Gasteiger partial charge in [0.1, 0.15) is 18.3 Å². The predicted octanol–water partition coefficient (Wildman–Crippen LogP) is -0.0154. The van der Waals surface area contributed by atoms with E-state index in [1.54, 1.807) is 0 Å². The van der Waals surface area contributed by atoms with E-state index in [2.05, 4.69) is 0 Å². The molecule has 20 heavy (non-hydrogen) atoms. The molecule has 1 rings (SSSR count). The molecule has 0 bridgehead atoms. The lowest BCUT2D eigenvalue weighted by atomic mass is 9.91. The molecule has 0 aromatic carbocycles. The van der Waals surface area contributed by atoms with Crippen LogP contribution in [0.5, 0.6) is 0 Å². The van der Waals surface area contributed by atoms with Crippen molar-refractivity contribution in [3.05, 3.63) is 0 Å². The molecule has 0 amide bonds. The Morgan fingerprint density at radius 3 is 2.00 bits per heavy atom. The number of hydrogen-bond donors (Lipinski definition) is 5. The van der Waals surface area contributed by atoms with Gasteiger partial charge in [0, 0.05) is 0 Å². The molecular weight excluding hydrogens is 287 g/mol. The summed E-state index contributed by atoms with van der Waals surface area (Å²) in [5.74, 6) is 0. The van der Waals surface area contributed by atoms with E-state index in [0.717, 1.165) is 19.3 Å². The first-order valence-corrected chi connectivity index (χ1v) is 8.80. The van der Waals surface area contributed by atoms with Gasteiger partial charge in [-0.25, -0.2) is 0 Å². The van der Waals surface area contributed by atoms with Crippen LogP contribution in [0.1, 0.15) is 39.0 Å². The number of aliphatic hydroxyl groups is 3. The molecule has 120 valence electrons. The number of hydrogen-bond acceptors (Lipinski definition) is 5. The maximum absolute atomic E-state index is 10.9. The molecule has 5 unspecified atom stereocenters. The fourth-order valence-corrected chi connectivity index (χ4v) is 2.99. The van der Waals surface area contributed by atoms with Crippen LogP contribution in [0.15, 0.2) is 0 Å². The van der Waals surface area contributed by atoms with Gasteiger partial charge in [-0.15, -0.1) is 0 Å². The molecule has 1 aliphatic heterocycles. The molecule has 5 N–H and O–H groups in total. The zero-order valence-corrected chi connectivity index (χ0v) is 12.5. The lowest BCUT2D eigenvalue weighted by Gasteiger charge is -2.41. The normalized spacial score (nSPS) is 35.2. The quantitative estimate of drug-likeness (QED) is 0.330. The van der Waals surface area contributed by atoms with Crippen LogP contribution in [0.4, 0.5) is 0 Å². The van der Waals surface area contributed by atoms with Crippen LogP contribution in [0, 0.1) is 0 Å². The number of aliphatic hydroxyl groups excluding tert-OH is 3. The molecule has 1 heterocycles. The van der Waals surface area contributed by atoms with Crippen molar-refractivity contribution in [2.24, 2.45) is 0 Å². The Hall–Kier alpha value is -0.0100. The molecular formula is C12H25O7P. The Balaban J connectivity index is 2.58. The highest BCUT2D eigenvalue weighted by Crippen LogP contribution is 2.37. The molecule has 0 spiro atoms. The monoisotopic (exact) mass is 312 g/mol. The van der Waals surface area contributed by atoms with Crippen molar-refractivity contribution in [2.75, 3.05) is 6.16 Å². The fraction of sp³-hybridized carbons (Fsp3) is 1.00. The summed E-state index contributed by atoms with van der Waals surface area (Å²) in [4.78, 5) is 17.7. The lowest BCUT2D eigenvalue weighted by Crippen LogP contribution is -2.57. The van der Waals surface area contributed by atoms with Crippen molar-refractivity contribution in [3.63, 3.8) is 0 Å². The molecule has 1 aliphatic rings. The topological polar surface area (TPSA) is 127 Å². The fourth-order valence-electron chi connectivity index (χ4n) is 2.40. The zero-order valence-electron chi connectivity index (χ0n) is 11.6. The summed E-state index contributed by atoms with van der Waals surface area (Å²) >= 11 is 0. The van der Waals surface area contributed by atoms with Gasteiger partial charge in [-0.3, -0.25) is 4.57 Å². The summed E-state index contributed by atoms with van der Waals surface area (Å²) in [6, 6.07) is 0. The van der Waals surface area contributed by atoms with E-state index in [-0.39, 0.29) is 6.42 Å². The van der Waals surface area contributed by atoms with Crippen LogP contribution in [0.2, 0.25) is 0 Å². The SMILES string of the molecule is CCCCCC1OC(CCP(=O)(O)O)C(O)C(O)C1O. The molecule has 0 aromatic heterocycles. The summed E-state index contributed by atoms with van der Waals surface area (Å²) in [6.45, 7) is 2.04. The largest absolute Gasteiger partial charge is 0.388 e. The Kier molecular flexibility index (Phi) is 7.08. The lowest BCUT2D eigenvalue weighted by molar-refractivity contribution is -0.223. The van der Waals surface area contributed by atoms with Crippen molar-refractivity contribution in [2.45, 2.75) is 69.5 Å². The molecule has 7 nitrogen and oxygen atoms in total. The molecule has 0 aromatic rings. The minimum atomic E-state index is -4.17. The summed E-state index contributed by atoms with van der Waals surface area (Å²) in [7, 11) is -4.17. The first-order chi connectivity index (χ1) is 9.26. The molecule has 5 atom stereocenters. The number of unbranched alkanes of at least 4 members (excludes halogenated alkanes) is 2. The third-order valence-electron chi connectivity index (χ3n) is 3.61. The Labute approximate surface area is 118 Å². The highest BCUT2D eigenvalue weighted by molar-refractivity contribution is 7.51. The standard InChI is InChI=1S/C12H25O7P/c1-2-3-4-5-8-10(13)12(15)11(14)9(19-8)6-7-20(16,17)18/h8-15H,2-7H2,1H3,(H2,16,17,18). The van der Waals surface area contributed by atoms with Gasteiger partial charge in [-0.1, -0.05) is 26.2 Å². The third-order valence-corrected chi connectivity index (χ3v) is 4.45. The third kappa shape index (κ3) is 5.41. The Morgan fingerprint density at radius 1 is 0.950 bits per heavy atom. The highest BCUT2D eigenvalue weighted by Gasteiger charge is 2.43. The average molecular weight is 312 g/mol. The van der Waals surface area contributed by atoms with Crippen molar-refractivity contribution in [1.82, 2.24) is 0 Å². The van der Waals surface area contributed by atoms with E-state index >= 15 is 0 Å². The van der Waals surface area contributed by atoms with Crippen LogP contribution >= 0.6 is 7.60 Å². The van der Waals surface area contributed by atoms with Crippen LogP contribution < -0.4 is 0 Å². The van der Waals surface area contributed by atoms with Crippen LogP contribution in [0.25, 0.3) is 0 Å². The van der Waals surface area contributed by atoms with Crippen molar-refractivity contribution >= 4 is 7.60 Å². The second kappa shape index (κ2) is 7.84. The van der Waals surface area contributed by atoms with Gasteiger partial charge in [0.15, 0.2) is 0 Å². The van der Waals surface area contributed by atoms with E-state index in [0.29, 0.717) is 6.42 Å². The van der Waals surface area contributed by atoms with Crippen LogP contribution in [-0.4, -0.2) is 61.8 Å². The summed E-state index contributed by atoms with van der Waals surface area (Å²) < 4.78 is 16.4. The maximum atomic E-state index is 10.9. The number of ether oxygens (including phenoxy) is 1. The van der Waals surface area contributed by atoms with Gasteiger partial charge in [0.25, 0.3) is 0 Å². The average Bonchev–Trinajstić information content (AvgIpc) is 2.36. The minimum absolute atomic E-state index is 0.0560. The second-order valence-corrected chi connectivity index (χ2v) is 7.13. The molecule has 0 radical (unpaired) electrons. The predicted molar refractivity (Wildman–Crippen MR) is 72.4 cm³/mol. The van der Waals surface area contributed by atoms with E-state index in [1.165, 1.54) is 0 Å². The van der Waals surface area contributed by atoms with Gasteiger partial charge < -0.3 is 29.8 Å². The van der Waals surface area contributed by atoms with Gasteiger partial charge in [0.2, 0.25) is 0 Å². The van der Waals surface area contributed by atoms with Crippen LogP contribution in [0.3, 0.4) is 0 Å². The molecule has 1 fully saturated rings. The smallest absolute Gasteiger partial charge is 0.325 e. The molecule has 0 aliphatic carbocycles. The minimum Gasteiger partial charge on any atom is -0.388 e. The van der Waals surface area contributed by atoms with E-state index in [4.69, 9.17) is 14.5 Å². The van der Waals surface area contributed by atoms with Gasteiger partial charge in [-0.05, 0) is 12.8 Å². The van der Waals surface area contributed by atoms with E-state index in [9.17, 15) is 19.9 Å². The van der Waals surface area contributed by atoms with Crippen molar-refractivity contribution in [3.8, 4) is 0 Å². The second-order valence-electron chi connectivity index (χ2n) is 5.36. The summed E-state index contributed by atoms with van der Waals surface area (Å²) in [5.41, 5.74) is 0. The molecule has 0 saturated carbocycles. The van der Waals surface area contributed by atoms with Crippen molar-refractivity contribution < 1.29 is 34.4 Å². The summed E-state index contributed by atoms with van der Waals surface area (Å²) in [5, 5.41) is 29.5. The van der Waals surface area contributed by atoms with Crippen LogP contribution in [-0.2, 0) is 9.30 Å². The Bertz CT molecular complexity index is 332. The van der Waals surface area contributed by atoms with E-state index < -0.39 is 44.3 Å². The molecule has 8 heteroatoms. The van der Waals surface area contributed by atoms with Gasteiger partial charge >= 0.3 is 7.60 Å². The van der Waals surface area contributed by atoms with Crippen molar-refractivity contribution in [1.29, 1.82) is 0 Å².